The first-order valence-electron chi connectivity index (χ1n) is 10.7. The molecule has 4 rings (SSSR count). The molecule has 4 aromatic rings. The number of amides is 1. The van der Waals surface area contributed by atoms with Crippen LogP contribution in [0.15, 0.2) is 95.2 Å². The second-order valence-electron chi connectivity index (χ2n) is 7.19. The molecule has 0 atom stereocenters. The third kappa shape index (κ3) is 6.38. The van der Waals surface area contributed by atoms with Crippen molar-refractivity contribution in [3.05, 3.63) is 95.5 Å². The number of carbonyl (C=O) groups is 1. The Labute approximate surface area is 212 Å². The molecular weight excluding hydrogens is 482 g/mol. The van der Waals surface area contributed by atoms with Crippen LogP contribution in [0.25, 0.3) is 23.2 Å². The van der Waals surface area contributed by atoms with Crippen molar-refractivity contribution in [2.45, 2.75) is 5.16 Å². The molecule has 176 valence electrons. The Morgan fingerprint density at radius 2 is 1.80 bits per heavy atom. The molecule has 35 heavy (non-hydrogen) atoms. The number of aromatic nitrogens is 3. The van der Waals surface area contributed by atoms with Gasteiger partial charge in [0.15, 0.2) is 11.0 Å². The second-order valence-corrected chi connectivity index (χ2v) is 8.57. The van der Waals surface area contributed by atoms with Crippen molar-refractivity contribution < 1.29 is 9.53 Å². The number of para-hydroxylation sites is 2. The van der Waals surface area contributed by atoms with Crippen LogP contribution in [0.4, 0.5) is 0 Å². The standard InChI is InChI=1S/C26H22ClN5O2S/c1-34-23-12-6-5-8-19(23)9-7-17-28-29-24(33)18-35-26-31-30-25(20-13-15-21(27)16-14-20)32(26)22-10-3-2-4-11-22/h2-17H,18H2,1H3,(H,29,33)/b9-7+,28-17+. The molecule has 9 heteroatoms. The molecule has 0 saturated carbocycles. The highest BCUT2D eigenvalue weighted by atomic mass is 35.5. The molecule has 7 nitrogen and oxygen atoms in total. The average molecular weight is 504 g/mol. The molecule has 3 aromatic carbocycles. The topological polar surface area (TPSA) is 81.4 Å². The molecular formula is C26H22ClN5O2S. The van der Waals surface area contributed by atoms with Gasteiger partial charge < -0.3 is 4.74 Å². The predicted octanol–water partition coefficient (Wildman–Crippen LogP) is 5.50. The number of nitrogens with zero attached hydrogens (tertiary/aromatic N) is 4. The van der Waals surface area contributed by atoms with E-state index < -0.39 is 0 Å². The number of halogens is 1. The Hall–Kier alpha value is -3.88. The van der Waals surface area contributed by atoms with E-state index in [-0.39, 0.29) is 11.7 Å². The minimum atomic E-state index is -0.257. The number of rotatable bonds is 9. The van der Waals surface area contributed by atoms with Crippen LogP contribution in [0.1, 0.15) is 5.56 Å². The van der Waals surface area contributed by atoms with Gasteiger partial charge in [0.1, 0.15) is 5.75 Å². The van der Waals surface area contributed by atoms with Gasteiger partial charge in [-0.2, -0.15) is 5.10 Å². The first kappa shape index (κ1) is 24.3. The minimum absolute atomic E-state index is 0.124. The second kappa shape index (κ2) is 12.0. The maximum Gasteiger partial charge on any atom is 0.250 e. The Morgan fingerprint density at radius 1 is 1.06 bits per heavy atom. The molecule has 1 N–H and O–H groups in total. The Kier molecular flexibility index (Phi) is 8.32. The van der Waals surface area contributed by atoms with Crippen molar-refractivity contribution >= 4 is 41.6 Å². The summed E-state index contributed by atoms with van der Waals surface area (Å²) >= 11 is 7.32. The van der Waals surface area contributed by atoms with E-state index >= 15 is 0 Å². The fraction of sp³-hybridized carbons (Fsp3) is 0.0769. The van der Waals surface area contributed by atoms with Crippen LogP contribution in [0.2, 0.25) is 5.02 Å². The molecule has 0 fully saturated rings. The van der Waals surface area contributed by atoms with Crippen molar-refractivity contribution in [3.63, 3.8) is 0 Å². The van der Waals surface area contributed by atoms with Crippen LogP contribution in [-0.2, 0) is 4.79 Å². The van der Waals surface area contributed by atoms with E-state index in [4.69, 9.17) is 16.3 Å². The number of benzene rings is 3. The number of ether oxygens (including phenoxy) is 1. The number of hydrogen-bond acceptors (Lipinski definition) is 6. The van der Waals surface area contributed by atoms with Crippen LogP contribution < -0.4 is 10.2 Å². The van der Waals surface area contributed by atoms with Gasteiger partial charge in [-0.05, 0) is 54.6 Å². The molecule has 0 aliphatic rings. The summed E-state index contributed by atoms with van der Waals surface area (Å²) in [5, 5.41) is 13.9. The Bertz CT molecular complexity index is 1340. The summed E-state index contributed by atoms with van der Waals surface area (Å²) in [5.74, 6) is 1.29. The molecule has 0 spiro atoms. The SMILES string of the molecule is COc1ccccc1/C=C/C=N/NC(=O)CSc1nnc(-c2ccc(Cl)cc2)n1-c1ccccc1. The zero-order valence-electron chi connectivity index (χ0n) is 18.8. The number of thioether (sulfide) groups is 1. The number of hydrazone groups is 1. The zero-order chi connectivity index (χ0) is 24.5. The lowest BCUT2D eigenvalue weighted by Crippen LogP contribution is -2.19. The number of hydrogen-bond donors (Lipinski definition) is 1. The fourth-order valence-electron chi connectivity index (χ4n) is 3.22. The molecule has 1 amide bonds. The largest absolute Gasteiger partial charge is 0.496 e. The first-order valence-corrected chi connectivity index (χ1v) is 12.0. The molecule has 1 heterocycles. The summed E-state index contributed by atoms with van der Waals surface area (Å²) in [6, 6.07) is 24.8. The summed E-state index contributed by atoms with van der Waals surface area (Å²) in [4.78, 5) is 12.4. The first-order chi connectivity index (χ1) is 17.2. The van der Waals surface area contributed by atoms with Crippen molar-refractivity contribution in [3.8, 4) is 22.8 Å². The van der Waals surface area contributed by atoms with Gasteiger partial charge in [0.2, 0.25) is 0 Å². The smallest absolute Gasteiger partial charge is 0.250 e. The maximum absolute atomic E-state index is 12.4. The van der Waals surface area contributed by atoms with Gasteiger partial charge in [0, 0.05) is 28.1 Å². The number of methoxy groups -OCH3 is 1. The highest BCUT2D eigenvalue weighted by molar-refractivity contribution is 7.99. The van der Waals surface area contributed by atoms with Gasteiger partial charge in [-0.1, -0.05) is 59.8 Å². The normalized spacial score (nSPS) is 11.3. The van der Waals surface area contributed by atoms with E-state index in [2.05, 4.69) is 20.7 Å². The van der Waals surface area contributed by atoms with Gasteiger partial charge >= 0.3 is 0 Å². The predicted molar refractivity (Wildman–Crippen MR) is 141 cm³/mol. The van der Waals surface area contributed by atoms with Gasteiger partial charge in [0.25, 0.3) is 5.91 Å². The van der Waals surface area contributed by atoms with Crippen LogP contribution >= 0.6 is 23.4 Å². The summed E-state index contributed by atoms with van der Waals surface area (Å²) < 4.78 is 7.22. The lowest BCUT2D eigenvalue weighted by Gasteiger charge is -2.10. The lowest BCUT2D eigenvalue weighted by atomic mass is 10.2. The summed E-state index contributed by atoms with van der Waals surface area (Å²) in [6.07, 6.45) is 5.10. The third-order valence-corrected chi connectivity index (χ3v) is 6.03. The van der Waals surface area contributed by atoms with Crippen LogP contribution in [0.3, 0.4) is 0 Å². The van der Waals surface area contributed by atoms with Crippen molar-refractivity contribution in [1.82, 2.24) is 20.2 Å². The van der Waals surface area contributed by atoms with E-state index in [1.54, 1.807) is 13.2 Å². The zero-order valence-corrected chi connectivity index (χ0v) is 20.4. The summed E-state index contributed by atoms with van der Waals surface area (Å²) in [6.45, 7) is 0. The van der Waals surface area contributed by atoms with Gasteiger partial charge in [-0.3, -0.25) is 9.36 Å². The number of allylic oxidation sites excluding steroid dienone is 1. The van der Waals surface area contributed by atoms with E-state index in [1.807, 2.05) is 89.5 Å². The third-order valence-electron chi connectivity index (χ3n) is 4.85. The van der Waals surface area contributed by atoms with Crippen molar-refractivity contribution in [2.24, 2.45) is 5.10 Å². The molecule has 0 bridgehead atoms. The van der Waals surface area contributed by atoms with Crippen LogP contribution in [0.5, 0.6) is 5.75 Å². The average Bonchev–Trinajstić information content (AvgIpc) is 3.32. The minimum Gasteiger partial charge on any atom is -0.496 e. The Balaban J connectivity index is 1.42. The van der Waals surface area contributed by atoms with E-state index in [0.29, 0.717) is 16.0 Å². The van der Waals surface area contributed by atoms with Crippen LogP contribution in [-0.4, -0.2) is 39.7 Å². The summed E-state index contributed by atoms with van der Waals surface area (Å²) in [7, 11) is 1.62. The molecule has 0 aliphatic carbocycles. The van der Waals surface area contributed by atoms with Crippen LogP contribution in [0, 0.1) is 0 Å². The Morgan fingerprint density at radius 3 is 2.57 bits per heavy atom. The van der Waals surface area contributed by atoms with Gasteiger partial charge in [0.05, 0.1) is 12.9 Å². The van der Waals surface area contributed by atoms with Gasteiger partial charge in [-0.25, -0.2) is 5.43 Å². The monoisotopic (exact) mass is 503 g/mol. The molecule has 0 aliphatic heterocycles. The molecule has 0 radical (unpaired) electrons. The van der Waals surface area contributed by atoms with E-state index in [0.717, 1.165) is 22.6 Å². The van der Waals surface area contributed by atoms with Crippen molar-refractivity contribution in [1.29, 1.82) is 0 Å². The van der Waals surface area contributed by atoms with E-state index in [1.165, 1.54) is 18.0 Å². The van der Waals surface area contributed by atoms with E-state index in [9.17, 15) is 4.79 Å². The highest BCUT2D eigenvalue weighted by Crippen LogP contribution is 2.28. The number of nitrogens with one attached hydrogen (secondary N) is 1. The highest BCUT2D eigenvalue weighted by Gasteiger charge is 2.17. The molecule has 0 unspecified atom stereocenters. The number of carbonyl (C=O) groups excluding carboxylic acids is 1. The molecule has 0 saturated heterocycles. The fourth-order valence-corrected chi connectivity index (χ4v) is 4.09. The molecule has 1 aromatic heterocycles. The quantitative estimate of drug-likeness (QED) is 0.185. The van der Waals surface area contributed by atoms with Gasteiger partial charge in [-0.15, -0.1) is 10.2 Å². The lowest BCUT2D eigenvalue weighted by molar-refractivity contribution is -0.118. The summed E-state index contributed by atoms with van der Waals surface area (Å²) in [5.41, 5.74) is 5.21. The maximum atomic E-state index is 12.4. The van der Waals surface area contributed by atoms with Crippen molar-refractivity contribution in [2.75, 3.05) is 12.9 Å².